The predicted molar refractivity (Wildman–Crippen MR) is 108 cm³/mol. The van der Waals surface area contributed by atoms with Gasteiger partial charge < -0.3 is 19.3 Å². The summed E-state index contributed by atoms with van der Waals surface area (Å²) in [7, 11) is 0. The highest BCUT2D eigenvalue weighted by atomic mass is 32.1. The summed E-state index contributed by atoms with van der Waals surface area (Å²) in [6.45, 7) is 7.07. The van der Waals surface area contributed by atoms with E-state index in [2.05, 4.69) is 19.8 Å². The second-order valence-corrected chi connectivity index (χ2v) is 7.78. The monoisotopic (exact) mass is 403 g/mol. The van der Waals surface area contributed by atoms with E-state index in [1.165, 1.54) is 17.8 Å². The molecule has 0 atom stereocenters. The maximum Gasteiger partial charge on any atom is 0.350 e. The number of nitrogens with zero attached hydrogens (tertiary/aromatic N) is 5. The van der Waals surface area contributed by atoms with E-state index < -0.39 is 0 Å². The van der Waals surface area contributed by atoms with Crippen LogP contribution >= 0.6 is 11.3 Å². The minimum atomic E-state index is -0.350. The van der Waals surface area contributed by atoms with Gasteiger partial charge in [0.05, 0.1) is 32.2 Å². The first-order valence-corrected chi connectivity index (χ1v) is 10.7. The summed E-state index contributed by atoms with van der Waals surface area (Å²) in [4.78, 5) is 31.3. The molecule has 0 saturated carbocycles. The lowest BCUT2D eigenvalue weighted by Gasteiger charge is -2.27. The third kappa shape index (κ3) is 4.10. The Labute approximate surface area is 168 Å². The summed E-state index contributed by atoms with van der Waals surface area (Å²) in [5.74, 6) is 0.466. The van der Waals surface area contributed by atoms with Crippen LogP contribution < -0.4 is 9.80 Å². The van der Waals surface area contributed by atoms with Crippen molar-refractivity contribution in [3.63, 3.8) is 0 Å². The van der Waals surface area contributed by atoms with Crippen molar-refractivity contribution in [1.82, 2.24) is 15.0 Å². The Bertz CT molecular complexity index is 798. The molecular weight excluding hydrogens is 378 g/mol. The van der Waals surface area contributed by atoms with Gasteiger partial charge >= 0.3 is 5.97 Å². The molecule has 0 bridgehead atoms. The predicted octanol–water partition coefficient (Wildman–Crippen LogP) is 2.60. The topological polar surface area (TPSA) is 80.7 Å². The average molecular weight is 404 g/mol. The number of aromatic nitrogens is 3. The van der Waals surface area contributed by atoms with E-state index in [1.54, 1.807) is 19.3 Å². The second kappa shape index (κ2) is 8.83. The summed E-state index contributed by atoms with van der Waals surface area (Å²) in [6.07, 6.45) is 6.99. The number of anilines is 2. The number of thiazole rings is 1. The fourth-order valence-corrected chi connectivity index (χ4v) is 4.46. The zero-order chi connectivity index (χ0) is 19.3. The standard InChI is InChI=1S/C19H25N5O3S/c1-2-27-18(25)17-16(22-19(28-17)24-6-4-3-5-7-24)14-12-21-15(13-20-14)23-8-10-26-11-9-23/h12-13H,2-11H2,1H3. The van der Waals surface area contributed by atoms with E-state index in [1.807, 2.05) is 0 Å². The van der Waals surface area contributed by atoms with Crippen LogP contribution in [0.15, 0.2) is 12.4 Å². The normalized spacial score (nSPS) is 17.6. The summed E-state index contributed by atoms with van der Waals surface area (Å²) in [5, 5.41) is 0.858. The Balaban J connectivity index is 1.62. The van der Waals surface area contributed by atoms with Gasteiger partial charge in [-0.2, -0.15) is 0 Å². The molecule has 2 aromatic rings. The molecule has 4 heterocycles. The molecule has 0 radical (unpaired) electrons. The number of esters is 1. The van der Waals surface area contributed by atoms with Crippen LogP contribution in [0.25, 0.3) is 11.4 Å². The largest absolute Gasteiger partial charge is 0.462 e. The number of ether oxygens (including phenoxy) is 2. The molecular formula is C19H25N5O3S. The number of hydrogen-bond donors (Lipinski definition) is 0. The lowest BCUT2D eigenvalue weighted by molar-refractivity contribution is 0.0532. The third-order valence-electron chi connectivity index (χ3n) is 4.92. The van der Waals surface area contributed by atoms with Crippen molar-refractivity contribution in [3.05, 3.63) is 17.3 Å². The summed E-state index contributed by atoms with van der Waals surface area (Å²) < 4.78 is 10.6. The molecule has 0 amide bonds. The number of piperidine rings is 1. The zero-order valence-electron chi connectivity index (χ0n) is 16.1. The molecule has 8 nitrogen and oxygen atoms in total. The molecule has 0 aliphatic carbocycles. The van der Waals surface area contributed by atoms with Crippen LogP contribution in [0, 0.1) is 0 Å². The number of hydrogen-bond acceptors (Lipinski definition) is 9. The van der Waals surface area contributed by atoms with Gasteiger partial charge in [-0.25, -0.2) is 19.7 Å². The van der Waals surface area contributed by atoms with E-state index in [0.29, 0.717) is 36.1 Å². The highest BCUT2D eigenvalue weighted by Gasteiger charge is 2.25. The molecule has 4 rings (SSSR count). The number of morpholine rings is 1. The molecule has 2 aromatic heterocycles. The molecule has 0 aromatic carbocycles. The van der Waals surface area contributed by atoms with Gasteiger partial charge in [0.1, 0.15) is 22.1 Å². The van der Waals surface area contributed by atoms with Crippen molar-refractivity contribution in [2.75, 3.05) is 55.8 Å². The molecule has 0 unspecified atom stereocenters. The van der Waals surface area contributed by atoms with E-state index >= 15 is 0 Å². The molecule has 2 saturated heterocycles. The minimum absolute atomic E-state index is 0.330. The molecule has 2 aliphatic heterocycles. The van der Waals surface area contributed by atoms with Crippen molar-refractivity contribution in [3.8, 4) is 11.4 Å². The Morgan fingerprint density at radius 1 is 1.11 bits per heavy atom. The molecule has 2 aliphatic rings. The van der Waals surface area contributed by atoms with Crippen molar-refractivity contribution in [1.29, 1.82) is 0 Å². The van der Waals surface area contributed by atoms with Crippen molar-refractivity contribution in [2.24, 2.45) is 0 Å². The van der Waals surface area contributed by atoms with E-state index in [4.69, 9.17) is 14.5 Å². The first-order valence-electron chi connectivity index (χ1n) is 9.84. The van der Waals surface area contributed by atoms with Gasteiger partial charge in [-0.1, -0.05) is 11.3 Å². The van der Waals surface area contributed by atoms with Gasteiger partial charge in [0.25, 0.3) is 0 Å². The van der Waals surface area contributed by atoms with Gasteiger partial charge in [0.2, 0.25) is 0 Å². The van der Waals surface area contributed by atoms with Gasteiger partial charge in [-0.3, -0.25) is 0 Å². The molecule has 9 heteroatoms. The lowest BCUT2D eigenvalue weighted by atomic mass is 10.1. The van der Waals surface area contributed by atoms with Gasteiger partial charge in [-0.05, 0) is 26.2 Å². The van der Waals surface area contributed by atoms with E-state index in [-0.39, 0.29) is 5.97 Å². The number of carbonyl (C=O) groups is 1. The van der Waals surface area contributed by atoms with Crippen LogP contribution in [-0.2, 0) is 9.47 Å². The summed E-state index contributed by atoms with van der Waals surface area (Å²) >= 11 is 1.39. The smallest absolute Gasteiger partial charge is 0.350 e. The maximum absolute atomic E-state index is 12.5. The van der Waals surface area contributed by atoms with Gasteiger partial charge in [0.15, 0.2) is 5.13 Å². The zero-order valence-corrected chi connectivity index (χ0v) is 16.9. The third-order valence-corrected chi connectivity index (χ3v) is 6.02. The second-order valence-electron chi connectivity index (χ2n) is 6.80. The van der Waals surface area contributed by atoms with Gasteiger partial charge in [0, 0.05) is 26.2 Å². The molecule has 150 valence electrons. The van der Waals surface area contributed by atoms with Gasteiger partial charge in [-0.15, -0.1) is 0 Å². The van der Waals surface area contributed by atoms with E-state index in [0.717, 1.165) is 50.0 Å². The number of rotatable bonds is 5. The highest BCUT2D eigenvalue weighted by Crippen LogP contribution is 2.34. The fraction of sp³-hybridized carbons (Fsp3) is 0.579. The van der Waals surface area contributed by atoms with Crippen LogP contribution in [0.2, 0.25) is 0 Å². The Kier molecular flexibility index (Phi) is 6.01. The molecule has 2 fully saturated rings. The van der Waals surface area contributed by atoms with Crippen LogP contribution in [0.1, 0.15) is 35.9 Å². The first kappa shape index (κ1) is 19.1. The highest BCUT2D eigenvalue weighted by molar-refractivity contribution is 7.17. The average Bonchev–Trinajstić information content (AvgIpc) is 3.21. The molecule has 28 heavy (non-hydrogen) atoms. The van der Waals surface area contributed by atoms with Crippen LogP contribution in [0.4, 0.5) is 10.9 Å². The molecule has 0 spiro atoms. The van der Waals surface area contributed by atoms with Crippen molar-refractivity contribution >= 4 is 28.3 Å². The lowest BCUT2D eigenvalue weighted by Crippen LogP contribution is -2.36. The SMILES string of the molecule is CCOC(=O)c1sc(N2CCCCC2)nc1-c1cnc(N2CCOCC2)cn1. The quantitative estimate of drug-likeness (QED) is 0.705. The summed E-state index contributed by atoms with van der Waals surface area (Å²) in [6, 6.07) is 0. The van der Waals surface area contributed by atoms with Crippen LogP contribution in [0.3, 0.4) is 0 Å². The van der Waals surface area contributed by atoms with Crippen LogP contribution in [0.5, 0.6) is 0 Å². The van der Waals surface area contributed by atoms with Crippen molar-refractivity contribution in [2.45, 2.75) is 26.2 Å². The fourth-order valence-electron chi connectivity index (χ4n) is 3.44. The Hall–Kier alpha value is -2.26. The van der Waals surface area contributed by atoms with Crippen molar-refractivity contribution < 1.29 is 14.3 Å². The molecule has 0 N–H and O–H groups in total. The Morgan fingerprint density at radius 2 is 1.89 bits per heavy atom. The summed E-state index contributed by atoms with van der Waals surface area (Å²) in [5.41, 5.74) is 1.16. The Morgan fingerprint density at radius 3 is 2.57 bits per heavy atom. The first-order chi connectivity index (χ1) is 13.8. The minimum Gasteiger partial charge on any atom is -0.462 e. The van der Waals surface area contributed by atoms with E-state index in [9.17, 15) is 4.79 Å². The van der Waals surface area contributed by atoms with Crippen LogP contribution in [-0.4, -0.2) is 66.9 Å². The maximum atomic E-state index is 12.5. The number of carbonyl (C=O) groups excluding carboxylic acids is 1.